The first-order chi connectivity index (χ1) is 4.62. The summed E-state index contributed by atoms with van der Waals surface area (Å²) < 4.78 is 0. The fourth-order valence-corrected chi connectivity index (χ4v) is 3.35. The molecule has 0 aliphatic heterocycles. The van der Waals surface area contributed by atoms with Crippen LogP contribution in [0, 0.1) is 17.3 Å². The average Bonchev–Trinajstić information content (AvgIpc) is 2.20. The zero-order valence-corrected chi connectivity index (χ0v) is 7.50. The average molecular weight is 154 g/mol. The van der Waals surface area contributed by atoms with Crippen LogP contribution in [0.3, 0.4) is 0 Å². The van der Waals surface area contributed by atoms with Gasteiger partial charge < -0.3 is 0 Å². The number of hydrogen-bond acceptors (Lipinski definition) is 1. The van der Waals surface area contributed by atoms with Gasteiger partial charge in [0.15, 0.2) is 0 Å². The van der Waals surface area contributed by atoms with E-state index in [9.17, 15) is 0 Å². The van der Waals surface area contributed by atoms with Crippen LogP contribution >= 0.6 is 12.2 Å². The zero-order chi connectivity index (χ0) is 7.35. The summed E-state index contributed by atoms with van der Waals surface area (Å²) in [6.07, 6.45) is 4.04. The maximum absolute atomic E-state index is 5.32. The Balaban J connectivity index is 2.35. The van der Waals surface area contributed by atoms with E-state index in [1.54, 1.807) is 0 Å². The first-order valence-corrected chi connectivity index (χ1v) is 4.56. The van der Waals surface area contributed by atoms with Crippen molar-refractivity contribution in [1.29, 1.82) is 0 Å². The van der Waals surface area contributed by atoms with Crippen LogP contribution < -0.4 is 0 Å². The Morgan fingerprint density at radius 1 is 1.40 bits per heavy atom. The molecule has 0 amide bonds. The van der Waals surface area contributed by atoms with Crippen LogP contribution in [-0.2, 0) is 0 Å². The fourth-order valence-electron chi connectivity index (χ4n) is 2.72. The molecule has 0 aromatic heterocycles. The first kappa shape index (κ1) is 6.78. The maximum atomic E-state index is 5.32. The molecule has 2 rings (SSSR count). The Labute approximate surface area is 68.0 Å². The highest BCUT2D eigenvalue weighted by molar-refractivity contribution is 7.80. The molecule has 0 N–H and O–H groups in total. The molecule has 2 bridgehead atoms. The van der Waals surface area contributed by atoms with Crippen molar-refractivity contribution in [1.82, 2.24) is 0 Å². The van der Waals surface area contributed by atoms with Crippen LogP contribution in [0.1, 0.15) is 33.1 Å². The van der Waals surface area contributed by atoms with E-state index >= 15 is 0 Å². The molecule has 0 aromatic carbocycles. The lowest BCUT2D eigenvalue weighted by Gasteiger charge is -2.22. The number of rotatable bonds is 0. The van der Waals surface area contributed by atoms with Crippen molar-refractivity contribution in [2.24, 2.45) is 17.3 Å². The molecule has 0 spiro atoms. The van der Waals surface area contributed by atoms with Gasteiger partial charge in [-0.1, -0.05) is 26.1 Å². The van der Waals surface area contributed by atoms with Crippen molar-refractivity contribution in [3.05, 3.63) is 0 Å². The van der Waals surface area contributed by atoms with Gasteiger partial charge >= 0.3 is 0 Å². The Morgan fingerprint density at radius 2 is 2.10 bits per heavy atom. The minimum atomic E-state index is 0.553. The van der Waals surface area contributed by atoms with E-state index in [-0.39, 0.29) is 0 Å². The Kier molecular flexibility index (Phi) is 1.23. The minimum Gasteiger partial charge on any atom is -0.0894 e. The Bertz CT molecular complexity index is 181. The summed E-state index contributed by atoms with van der Waals surface area (Å²) in [5, 5.41) is 0. The van der Waals surface area contributed by atoms with Crippen molar-refractivity contribution < 1.29 is 0 Å². The smallest absolute Gasteiger partial charge is 0.00322 e. The van der Waals surface area contributed by atoms with Gasteiger partial charge in [0.05, 0.1) is 0 Å². The van der Waals surface area contributed by atoms with Gasteiger partial charge in [-0.05, 0) is 41.4 Å². The first-order valence-electron chi connectivity index (χ1n) is 4.15. The van der Waals surface area contributed by atoms with E-state index in [1.165, 1.54) is 24.1 Å². The number of thiocarbonyl (C=S) groups is 1. The largest absolute Gasteiger partial charge is 0.0894 e. The van der Waals surface area contributed by atoms with E-state index in [2.05, 4.69) is 13.8 Å². The van der Waals surface area contributed by atoms with Crippen molar-refractivity contribution in [2.45, 2.75) is 33.1 Å². The fraction of sp³-hybridized carbons (Fsp3) is 0.889. The highest BCUT2D eigenvalue weighted by atomic mass is 32.1. The maximum Gasteiger partial charge on any atom is -0.00322 e. The third kappa shape index (κ3) is 0.646. The van der Waals surface area contributed by atoms with Crippen molar-refractivity contribution in [2.75, 3.05) is 0 Å². The molecular weight excluding hydrogens is 140 g/mol. The molecule has 0 aromatic rings. The van der Waals surface area contributed by atoms with Gasteiger partial charge in [0.1, 0.15) is 0 Å². The molecule has 2 saturated carbocycles. The molecule has 0 heterocycles. The third-order valence-electron chi connectivity index (χ3n) is 3.59. The second-order valence-electron chi connectivity index (χ2n) is 4.32. The highest BCUT2D eigenvalue weighted by Gasteiger charge is 2.50. The van der Waals surface area contributed by atoms with E-state index in [1.807, 2.05) is 0 Å². The van der Waals surface area contributed by atoms with Crippen molar-refractivity contribution in [3.8, 4) is 0 Å². The molecule has 0 saturated heterocycles. The third-order valence-corrected chi connectivity index (χ3v) is 4.04. The number of fused-ring (bicyclic) bond motifs is 2. The van der Waals surface area contributed by atoms with Crippen LogP contribution in [0.4, 0.5) is 0 Å². The molecule has 0 nitrogen and oxygen atoms in total. The van der Waals surface area contributed by atoms with Crippen LogP contribution in [-0.4, -0.2) is 4.86 Å². The quantitative estimate of drug-likeness (QED) is 0.483. The molecule has 56 valence electrons. The summed E-state index contributed by atoms with van der Waals surface area (Å²) in [7, 11) is 0. The monoisotopic (exact) mass is 154 g/mol. The van der Waals surface area contributed by atoms with E-state index in [4.69, 9.17) is 12.2 Å². The van der Waals surface area contributed by atoms with E-state index in [0.29, 0.717) is 5.41 Å². The summed E-state index contributed by atoms with van der Waals surface area (Å²) in [4.78, 5) is 1.36. The van der Waals surface area contributed by atoms with Crippen LogP contribution in [0.25, 0.3) is 0 Å². The van der Waals surface area contributed by atoms with Gasteiger partial charge in [-0.3, -0.25) is 0 Å². The zero-order valence-electron chi connectivity index (χ0n) is 6.68. The lowest BCUT2D eigenvalue weighted by atomic mass is 9.82. The Morgan fingerprint density at radius 3 is 2.30 bits per heavy atom. The molecule has 2 aliphatic rings. The van der Waals surface area contributed by atoms with E-state index in [0.717, 1.165) is 11.8 Å². The predicted molar refractivity (Wildman–Crippen MR) is 47.2 cm³/mol. The van der Waals surface area contributed by atoms with Crippen LogP contribution in [0.2, 0.25) is 0 Å². The molecule has 2 fully saturated rings. The summed E-state index contributed by atoms with van der Waals surface area (Å²) in [5.41, 5.74) is 0.553. The Hall–Kier alpha value is 0.0900. The highest BCUT2D eigenvalue weighted by Crippen LogP contribution is 2.55. The summed E-state index contributed by atoms with van der Waals surface area (Å²) >= 11 is 5.32. The molecular formula is C9H14S. The van der Waals surface area contributed by atoms with Gasteiger partial charge in [0.25, 0.3) is 0 Å². The van der Waals surface area contributed by atoms with Crippen molar-refractivity contribution in [3.63, 3.8) is 0 Å². The topological polar surface area (TPSA) is 0 Å². The normalized spacial score (nSPS) is 42.8. The molecule has 2 atom stereocenters. The minimum absolute atomic E-state index is 0.553. The lowest BCUT2D eigenvalue weighted by Crippen LogP contribution is -2.18. The molecule has 2 unspecified atom stereocenters. The molecule has 2 aliphatic carbocycles. The standard InChI is InChI=1S/C9H14S/c1-9(2)6-3-4-7(9)8(10)5-6/h6-7H,3-5H2,1-2H3. The molecule has 1 heteroatoms. The summed E-state index contributed by atoms with van der Waals surface area (Å²) in [6.45, 7) is 4.77. The second kappa shape index (κ2) is 1.82. The second-order valence-corrected chi connectivity index (χ2v) is 4.84. The number of hydrogen-bond donors (Lipinski definition) is 0. The predicted octanol–water partition coefficient (Wildman–Crippen LogP) is 2.81. The van der Waals surface area contributed by atoms with Gasteiger partial charge in [0.2, 0.25) is 0 Å². The SMILES string of the molecule is CC1(C)C2CCC1C(=S)C2. The summed E-state index contributed by atoms with van der Waals surface area (Å²) in [5.74, 6) is 1.71. The van der Waals surface area contributed by atoms with Crippen LogP contribution in [0.15, 0.2) is 0 Å². The van der Waals surface area contributed by atoms with Gasteiger partial charge in [-0.25, -0.2) is 0 Å². The molecule has 10 heavy (non-hydrogen) atoms. The van der Waals surface area contributed by atoms with Gasteiger partial charge in [0, 0.05) is 0 Å². The van der Waals surface area contributed by atoms with Gasteiger partial charge in [-0.15, -0.1) is 0 Å². The van der Waals surface area contributed by atoms with Crippen molar-refractivity contribution >= 4 is 17.1 Å². The lowest BCUT2D eigenvalue weighted by molar-refractivity contribution is 0.270. The van der Waals surface area contributed by atoms with Gasteiger partial charge in [-0.2, -0.15) is 0 Å². The van der Waals surface area contributed by atoms with E-state index < -0.39 is 0 Å². The molecule has 0 radical (unpaired) electrons. The van der Waals surface area contributed by atoms with Crippen LogP contribution in [0.5, 0.6) is 0 Å². The summed E-state index contributed by atoms with van der Waals surface area (Å²) in [6, 6.07) is 0.